The molecule has 0 spiro atoms. The Morgan fingerprint density at radius 2 is 1.65 bits per heavy atom. The van der Waals surface area contributed by atoms with Crippen molar-refractivity contribution in [2.45, 2.75) is 6.92 Å². The van der Waals surface area contributed by atoms with Crippen LogP contribution in [0, 0.1) is 6.92 Å². The molecule has 0 aliphatic rings. The maximum Gasteiger partial charge on any atom is 0.262 e. The molecule has 26 heavy (non-hydrogen) atoms. The molecule has 0 aliphatic heterocycles. The normalized spacial score (nSPS) is 10.2. The smallest absolute Gasteiger partial charge is 0.262 e. The molecule has 0 heterocycles. The van der Waals surface area contributed by atoms with E-state index in [4.69, 9.17) is 9.47 Å². The number of hydrogen-bond acceptors (Lipinski definition) is 3. The lowest BCUT2D eigenvalue weighted by atomic mass is 10.2. The van der Waals surface area contributed by atoms with Gasteiger partial charge in [-0.2, -0.15) is 0 Å². The van der Waals surface area contributed by atoms with Gasteiger partial charge in [0.15, 0.2) is 6.61 Å². The lowest BCUT2D eigenvalue weighted by Crippen LogP contribution is -2.20. The molecule has 0 fully saturated rings. The van der Waals surface area contributed by atoms with Gasteiger partial charge in [-0.1, -0.05) is 34.1 Å². The predicted octanol–water partition coefficient (Wildman–Crippen LogP) is 5.57. The molecule has 0 saturated carbocycles. The number of ether oxygens (including phenoxy) is 2. The summed E-state index contributed by atoms with van der Waals surface area (Å²) in [6.45, 7) is 1.88. The number of amides is 1. The fourth-order valence-corrected chi connectivity index (χ4v) is 2.82. The van der Waals surface area contributed by atoms with Crippen LogP contribution in [0.4, 0.5) is 5.69 Å². The Morgan fingerprint density at radius 1 is 0.962 bits per heavy atom. The summed E-state index contributed by atoms with van der Waals surface area (Å²) in [4.78, 5) is 12.1. The van der Waals surface area contributed by atoms with Crippen molar-refractivity contribution < 1.29 is 14.3 Å². The number of aryl methyl sites for hydroxylation is 1. The number of rotatable bonds is 6. The van der Waals surface area contributed by atoms with E-state index in [0.29, 0.717) is 17.2 Å². The van der Waals surface area contributed by atoms with E-state index in [1.165, 1.54) is 0 Å². The minimum absolute atomic E-state index is 0.0509. The second-order valence-electron chi connectivity index (χ2n) is 5.69. The van der Waals surface area contributed by atoms with Crippen molar-refractivity contribution in [1.82, 2.24) is 0 Å². The molecule has 0 radical (unpaired) electrons. The summed E-state index contributed by atoms with van der Waals surface area (Å²) in [5.41, 5.74) is 1.65. The van der Waals surface area contributed by atoms with Crippen LogP contribution in [-0.4, -0.2) is 12.5 Å². The molecule has 132 valence electrons. The summed E-state index contributed by atoms with van der Waals surface area (Å²) in [5.74, 6) is 1.94. The van der Waals surface area contributed by atoms with Crippen molar-refractivity contribution in [3.63, 3.8) is 0 Å². The van der Waals surface area contributed by atoms with Gasteiger partial charge in [0.1, 0.15) is 17.2 Å². The van der Waals surface area contributed by atoms with Crippen LogP contribution in [0.15, 0.2) is 77.3 Å². The van der Waals surface area contributed by atoms with E-state index in [1.807, 2.05) is 67.6 Å². The van der Waals surface area contributed by atoms with Gasteiger partial charge in [0.2, 0.25) is 0 Å². The number of para-hydroxylation sites is 1. The largest absolute Gasteiger partial charge is 0.483 e. The molecule has 3 aromatic rings. The highest BCUT2D eigenvalue weighted by Crippen LogP contribution is 2.23. The third-order valence-corrected chi connectivity index (χ3v) is 4.11. The van der Waals surface area contributed by atoms with E-state index in [9.17, 15) is 4.79 Å². The fraction of sp³-hybridized carbons (Fsp3) is 0.0952. The highest BCUT2D eigenvalue weighted by Gasteiger charge is 2.06. The molecular formula is C21H18BrNO3. The van der Waals surface area contributed by atoms with Crippen LogP contribution in [0.1, 0.15) is 5.56 Å². The first-order valence-corrected chi connectivity index (χ1v) is 8.91. The molecule has 1 N–H and O–H groups in total. The van der Waals surface area contributed by atoms with Crippen molar-refractivity contribution in [3.8, 4) is 17.2 Å². The molecular weight excluding hydrogens is 394 g/mol. The first-order valence-electron chi connectivity index (χ1n) is 8.12. The average molecular weight is 412 g/mol. The summed E-state index contributed by atoms with van der Waals surface area (Å²) in [5, 5.41) is 2.81. The van der Waals surface area contributed by atoms with Crippen molar-refractivity contribution in [2.75, 3.05) is 11.9 Å². The Balaban J connectivity index is 1.52. The Labute approximate surface area is 160 Å². The van der Waals surface area contributed by atoms with Crippen LogP contribution in [0.25, 0.3) is 0 Å². The van der Waals surface area contributed by atoms with E-state index < -0.39 is 0 Å². The van der Waals surface area contributed by atoms with Gasteiger partial charge >= 0.3 is 0 Å². The number of benzene rings is 3. The van der Waals surface area contributed by atoms with Crippen molar-refractivity contribution in [1.29, 1.82) is 0 Å². The molecule has 0 unspecified atom stereocenters. The number of halogens is 1. The van der Waals surface area contributed by atoms with Crippen LogP contribution >= 0.6 is 15.9 Å². The van der Waals surface area contributed by atoms with E-state index in [2.05, 4.69) is 21.2 Å². The number of anilines is 1. The summed E-state index contributed by atoms with van der Waals surface area (Å²) < 4.78 is 12.3. The Kier molecular flexibility index (Phi) is 5.92. The lowest BCUT2D eigenvalue weighted by molar-refractivity contribution is -0.118. The summed E-state index contributed by atoms with van der Waals surface area (Å²) in [7, 11) is 0. The maximum atomic E-state index is 12.1. The number of carbonyl (C=O) groups is 1. The molecule has 0 saturated heterocycles. The Bertz CT molecular complexity index is 880. The first kappa shape index (κ1) is 18.0. The molecule has 0 atom stereocenters. The summed E-state index contributed by atoms with van der Waals surface area (Å²) in [6.07, 6.45) is 0. The van der Waals surface area contributed by atoms with Gasteiger partial charge in [0.05, 0.1) is 0 Å². The minimum Gasteiger partial charge on any atom is -0.483 e. The second kappa shape index (κ2) is 8.54. The Morgan fingerprint density at radius 3 is 2.35 bits per heavy atom. The fourth-order valence-electron chi connectivity index (χ4n) is 2.35. The summed E-state index contributed by atoms with van der Waals surface area (Å²) >= 11 is 3.40. The van der Waals surface area contributed by atoms with Gasteiger partial charge < -0.3 is 14.8 Å². The lowest BCUT2D eigenvalue weighted by Gasteiger charge is -2.10. The quantitative estimate of drug-likeness (QED) is 0.576. The van der Waals surface area contributed by atoms with E-state index in [1.54, 1.807) is 12.1 Å². The highest BCUT2D eigenvalue weighted by molar-refractivity contribution is 9.10. The number of carbonyl (C=O) groups excluding carboxylic acids is 1. The van der Waals surface area contributed by atoms with Gasteiger partial charge in [-0.15, -0.1) is 0 Å². The summed E-state index contributed by atoms with van der Waals surface area (Å²) in [6, 6.07) is 22.4. The zero-order chi connectivity index (χ0) is 18.4. The van der Waals surface area contributed by atoms with Crippen LogP contribution in [0.2, 0.25) is 0 Å². The maximum absolute atomic E-state index is 12.1. The van der Waals surface area contributed by atoms with Crippen LogP contribution in [0.5, 0.6) is 17.2 Å². The SMILES string of the molecule is Cc1cc(Br)ccc1OCC(=O)Nc1ccc(Oc2ccccc2)cc1. The molecule has 4 nitrogen and oxygen atoms in total. The minimum atomic E-state index is -0.218. The average Bonchev–Trinajstić information content (AvgIpc) is 2.63. The third-order valence-electron chi connectivity index (χ3n) is 3.61. The zero-order valence-corrected chi connectivity index (χ0v) is 15.8. The molecule has 0 aliphatic carbocycles. The van der Waals surface area contributed by atoms with Gasteiger partial charge in [-0.05, 0) is 67.1 Å². The number of nitrogens with one attached hydrogen (secondary N) is 1. The molecule has 1 amide bonds. The number of hydrogen-bond donors (Lipinski definition) is 1. The van der Waals surface area contributed by atoms with Gasteiger partial charge in [-0.25, -0.2) is 0 Å². The first-order chi connectivity index (χ1) is 12.6. The predicted molar refractivity (Wildman–Crippen MR) is 106 cm³/mol. The van der Waals surface area contributed by atoms with Crippen molar-refractivity contribution >= 4 is 27.5 Å². The van der Waals surface area contributed by atoms with Crippen molar-refractivity contribution in [2.24, 2.45) is 0 Å². The zero-order valence-electron chi connectivity index (χ0n) is 14.2. The Hall–Kier alpha value is -2.79. The topological polar surface area (TPSA) is 47.6 Å². The van der Waals surface area contributed by atoms with Gasteiger partial charge in [0.25, 0.3) is 5.91 Å². The highest BCUT2D eigenvalue weighted by atomic mass is 79.9. The van der Waals surface area contributed by atoms with Gasteiger partial charge in [0, 0.05) is 10.2 Å². The monoisotopic (exact) mass is 411 g/mol. The third kappa shape index (κ3) is 5.10. The van der Waals surface area contributed by atoms with E-state index in [-0.39, 0.29) is 12.5 Å². The molecule has 3 aromatic carbocycles. The second-order valence-corrected chi connectivity index (χ2v) is 6.60. The molecule has 0 bridgehead atoms. The van der Waals surface area contributed by atoms with Gasteiger partial charge in [-0.3, -0.25) is 4.79 Å². The van der Waals surface area contributed by atoms with Crippen molar-refractivity contribution in [3.05, 3.63) is 82.8 Å². The van der Waals surface area contributed by atoms with E-state index >= 15 is 0 Å². The van der Waals surface area contributed by atoms with Crippen LogP contribution in [-0.2, 0) is 4.79 Å². The molecule has 5 heteroatoms. The van der Waals surface area contributed by atoms with Crippen LogP contribution in [0.3, 0.4) is 0 Å². The van der Waals surface area contributed by atoms with E-state index in [0.717, 1.165) is 15.8 Å². The standard InChI is InChI=1S/C21H18BrNO3/c1-15-13-16(22)7-12-20(15)25-14-21(24)23-17-8-10-19(11-9-17)26-18-5-3-2-4-6-18/h2-13H,14H2,1H3,(H,23,24). The molecule has 0 aromatic heterocycles. The molecule has 3 rings (SSSR count). The van der Waals surface area contributed by atoms with Crippen LogP contribution < -0.4 is 14.8 Å².